The second-order valence-corrected chi connectivity index (χ2v) is 17.5. The molecule has 2 atom stereocenters. The standard InChI is InChI=1S/C45H86NO7P/c1-6-8-10-12-14-16-17-18-19-20-21-22-23-24-25-26-27-28-29-30-31-33-35-37-40-50-42-44(43-52-54(48,49)51-41-39-46(3,4)5)53-45(47)38-36-34-32-15-13-11-9-7-2/h17-18,20-21,23-24,44H,6-16,19,22,25-43H2,1-5H3/p+1/b18-17-,21-20-,24-23-. The molecule has 0 aliphatic rings. The van der Waals surface area contributed by atoms with Crippen LogP contribution >= 0.6 is 7.82 Å². The van der Waals surface area contributed by atoms with Gasteiger partial charge in [0.2, 0.25) is 0 Å². The Morgan fingerprint density at radius 3 is 1.52 bits per heavy atom. The van der Waals surface area contributed by atoms with Crippen molar-refractivity contribution in [2.75, 3.05) is 54.1 Å². The van der Waals surface area contributed by atoms with E-state index in [1.807, 2.05) is 21.1 Å². The maximum Gasteiger partial charge on any atom is 0.472 e. The zero-order valence-electron chi connectivity index (χ0n) is 36.0. The number of ether oxygens (including phenoxy) is 2. The molecule has 0 rings (SSSR count). The number of allylic oxidation sites excluding steroid dienone is 6. The van der Waals surface area contributed by atoms with Gasteiger partial charge in [0.15, 0.2) is 0 Å². The number of unbranched alkanes of at least 4 members (excludes halogenated alkanes) is 21. The van der Waals surface area contributed by atoms with Crippen LogP contribution in [-0.4, -0.2) is 75.6 Å². The Morgan fingerprint density at radius 1 is 0.574 bits per heavy atom. The van der Waals surface area contributed by atoms with Gasteiger partial charge in [-0.05, 0) is 51.4 Å². The highest BCUT2D eigenvalue weighted by Crippen LogP contribution is 2.43. The van der Waals surface area contributed by atoms with Crippen molar-refractivity contribution in [3.63, 3.8) is 0 Å². The number of carbonyl (C=O) groups excluding carboxylic acids is 1. The van der Waals surface area contributed by atoms with Gasteiger partial charge in [0, 0.05) is 13.0 Å². The molecule has 9 heteroatoms. The molecule has 0 saturated heterocycles. The largest absolute Gasteiger partial charge is 0.472 e. The second-order valence-electron chi connectivity index (χ2n) is 16.1. The Kier molecular flexibility index (Phi) is 37.7. The number of nitrogens with zero attached hydrogens (tertiary/aromatic N) is 1. The summed E-state index contributed by atoms with van der Waals surface area (Å²) in [5, 5.41) is 0. The van der Waals surface area contributed by atoms with Gasteiger partial charge in [-0.25, -0.2) is 4.57 Å². The predicted octanol–water partition coefficient (Wildman–Crippen LogP) is 13.0. The number of phosphoric acid groups is 1. The molecule has 8 nitrogen and oxygen atoms in total. The molecule has 0 bridgehead atoms. The Hall–Kier alpha value is -1.28. The molecule has 0 heterocycles. The van der Waals surface area contributed by atoms with Gasteiger partial charge in [-0.1, -0.05) is 166 Å². The fourth-order valence-electron chi connectivity index (χ4n) is 5.97. The molecule has 0 fully saturated rings. The smallest absolute Gasteiger partial charge is 0.457 e. The highest BCUT2D eigenvalue weighted by molar-refractivity contribution is 7.47. The molecule has 318 valence electrons. The number of carbonyl (C=O) groups is 1. The summed E-state index contributed by atoms with van der Waals surface area (Å²) >= 11 is 0. The average Bonchev–Trinajstić information content (AvgIpc) is 3.12. The molecule has 0 aromatic heterocycles. The van der Waals surface area contributed by atoms with Gasteiger partial charge in [-0.15, -0.1) is 0 Å². The van der Waals surface area contributed by atoms with Crippen LogP contribution in [0.3, 0.4) is 0 Å². The van der Waals surface area contributed by atoms with Crippen LogP contribution in [0.5, 0.6) is 0 Å². The first-order chi connectivity index (χ1) is 26.1. The lowest BCUT2D eigenvalue weighted by Gasteiger charge is -2.24. The molecule has 1 N–H and O–H groups in total. The summed E-state index contributed by atoms with van der Waals surface area (Å²) < 4.78 is 34.9. The summed E-state index contributed by atoms with van der Waals surface area (Å²) in [5.41, 5.74) is 0. The third kappa shape index (κ3) is 41.9. The van der Waals surface area contributed by atoms with Crippen molar-refractivity contribution in [3.05, 3.63) is 36.5 Å². The molecule has 54 heavy (non-hydrogen) atoms. The van der Waals surface area contributed by atoms with Gasteiger partial charge in [-0.2, -0.15) is 0 Å². The summed E-state index contributed by atoms with van der Waals surface area (Å²) in [4.78, 5) is 22.7. The van der Waals surface area contributed by atoms with E-state index >= 15 is 0 Å². The molecule has 0 aliphatic heterocycles. The molecule has 0 spiro atoms. The quantitative estimate of drug-likeness (QED) is 0.0217. The number of esters is 1. The van der Waals surface area contributed by atoms with Crippen molar-refractivity contribution in [1.29, 1.82) is 0 Å². The van der Waals surface area contributed by atoms with Crippen LogP contribution in [0, 0.1) is 0 Å². The Morgan fingerprint density at radius 2 is 1.02 bits per heavy atom. The van der Waals surface area contributed by atoms with E-state index in [1.54, 1.807) is 0 Å². The van der Waals surface area contributed by atoms with Gasteiger partial charge in [0.1, 0.15) is 19.3 Å². The minimum atomic E-state index is -4.27. The van der Waals surface area contributed by atoms with Crippen molar-refractivity contribution in [2.24, 2.45) is 0 Å². The summed E-state index contributed by atoms with van der Waals surface area (Å²) in [6.07, 6.45) is 44.8. The van der Waals surface area contributed by atoms with Gasteiger partial charge < -0.3 is 18.9 Å². The Balaban J connectivity index is 4.06. The molecular formula is C45H87NO7P+. The van der Waals surface area contributed by atoms with Crippen molar-refractivity contribution in [1.82, 2.24) is 0 Å². The van der Waals surface area contributed by atoms with Gasteiger partial charge in [0.05, 0.1) is 34.4 Å². The maximum atomic E-state index is 12.6. The monoisotopic (exact) mass is 785 g/mol. The van der Waals surface area contributed by atoms with E-state index in [9.17, 15) is 14.3 Å². The summed E-state index contributed by atoms with van der Waals surface area (Å²) in [6, 6.07) is 0. The second kappa shape index (κ2) is 38.6. The van der Waals surface area contributed by atoms with E-state index in [0.29, 0.717) is 24.1 Å². The predicted molar refractivity (Wildman–Crippen MR) is 229 cm³/mol. The van der Waals surface area contributed by atoms with E-state index in [1.165, 1.54) is 122 Å². The maximum absolute atomic E-state index is 12.6. The highest BCUT2D eigenvalue weighted by atomic mass is 31.2. The lowest BCUT2D eigenvalue weighted by molar-refractivity contribution is -0.870. The highest BCUT2D eigenvalue weighted by Gasteiger charge is 2.26. The number of hydrogen-bond donors (Lipinski definition) is 1. The Bertz CT molecular complexity index is 962. The number of likely N-dealkylation sites (N-methyl/N-ethyl adjacent to an activating group) is 1. The lowest BCUT2D eigenvalue weighted by Crippen LogP contribution is -2.37. The van der Waals surface area contributed by atoms with Crippen LogP contribution in [0.4, 0.5) is 0 Å². The van der Waals surface area contributed by atoms with Crippen LogP contribution in [0.1, 0.15) is 187 Å². The van der Waals surface area contributed by atoms with Crippen molar-refractivity contribution in [2.45, 2.75) is 193 Å². The van der Waals surface area contributed by atoms with E-state index in [-0.39, 0.29) is 25.8 Å². The van der Waals surface area contributed by atoms with Crippen LogP contribution in [0.2, 0.25) is 0 Å². The SMILES string of the molecule is CCCCCCC/C=C\C/C=C\C/C=C\CCCCCCCCCCCOCC(COP(=O)(O)OCC[N+](C)(C)C)OC(=O)CCCCCCCCCC. The van der Waals surface area contributed by atoms with Crippen molar-refractivity contribution >= 4 is 13.8 Å². The molecule has 2 unspecified atom stereocenters. The van der Waals surface area contributed by atoms with E-state index in [0.717, 1.165) is 44.9 Å². The average molecular weight is 785 g/mol. The minimum Gasteiger partial charge on any atom is -0.457 e. The van der Waals surface area contributed by atoms with Crippen LogP contribution in [0.25, 0.3) is 0 Å². The first-order valence-electron chi connectivity index (χ1n) is 22.2. The van der Waals surface area contributed by atoms with Gasteiger partial charge >= 0.3 is 13.8 Å². The normalized spacial score (nSPS) is 14.1. The topological polar surface area (TPSA) is 91.3 Å². The summed E-state index contributed by atoms with van der Waals surface area (Å²) in [6.45, 7) is 5.57. The number of quaternary nitrogens is 1. The molecule has 0 amide bonds. The molecule has 0 aromatic carbocycles. The zero-order valence-corrected chi connectivity index (χ0v) is 36.9. The number of phosphoric ester groups is 1. The summed E-state index contributed by atoms with van der Waals surface area (Å²) in [5.74, 6) is -0.321. The lowest BCUT2D eigenvalue weighted by atomic mass is 10.1. The number of rotatable bonds is 41. The van der Waals surface area contributed by atoms with E-state index < -0.39 is 13.9 Å². The minimum absolute atomic E-state index is 0.0879. The van der Waals surface area contributed by atoms with Crippen LogP contribution < -0.4 is 0 Å². The first-order valence-corrected chi connectivity index (χ1v) is 23.7. The molecule has 0 aromatic rings. The van der Waals surface area contributed by atoms with E-state index in [2.05, 4.69) is 50.3 Å². The van der Waals surface area contributed by atoms with Crippen molar-refractivity contribution < 1.29 is 37.3 Å². The fourth-order valence-corrected chi connectivity index (χ4v) is 6.71. The van der Waals surface area contributed by atoms with Crippen molar-refractivity contribution in [3.8, 4) is 0 Å². The third-order valence-electron chi connectivity index (χ3n) is 9.45. The molecular weight excluding hydrogens is 697 g/mol. The van der Waals surface area contributed by atoms with Crippen LogP contribution in [0.15, 0.2) is 36.5 Å². The molecule has 0 aliphatic carbocycles. The zero-order chi connectivity index (χ0) is 39.9. The fraction of sp³-hybridized carbons (Fsp3) is 0.844. The summed E-state index contributed by atoms with van der Waals surface area (Å²) in [7, 11) is 1.66. The number of hydrogen-bond acceptors (Lipinski definition) is 6. The Labute approximate surface area is 334 Å². The van der Waals surface area contributed by atoms with Gasteiger partial charge in [-0.3, -0.25) is 13.8 Å². The van der Waals surface area contributed by atoms with Gasteiger partial charge in [0.25, 0.3) is 0 Å². The first kappa shape index (κ1) is 52.7. The van der Waals surface area contributed by atoms with E-state index in [4.69, 9.17) is 18.5 Å². The third-order valence-corrected chi connectivity index (χ3v) is 10.4. The molecule has 0 radical (unpaired) electrons. The van der Waals surface area contributed by atoms with Crippen LogP contribution in [-0.2, 0) is 27.9 Å². The molecule has 0 saturated carbocycles.